The van der Waals surface area contributed by atoms with E-state index >= 15 is 0 Å². The zero-order valence-corrected chi connectivity index (χ0v) is 31.0. The zero-order valence-electron chi connectivity index (χ0n) is 26.6. The summed E-state index contributed by atoms with van der Waals surface area (Å²) in [7, 11) is 4.03. The number of benzene rings is 2. The average Bonchev–Trinajstić information content (AvgIpc) is 3.56. The topological polar surface area (TPSA) is 60.4 Å². The molecule has 2 aromatic heterocycles. The molecule has 0 bridgehead atoms. The number of rotatable bonds is 14. The first kappa shape index (κ1) is 36.6. The molecule has 2 aromatic carbocycles. The first-order chi connectivity index (χ1) is 22.1. The maximum absolute atomic E-state index is 5.97. The summed E-state index contributed by atoms with van der Waals surface area (Å²) in [5.74, 6) is 3.40. The molecule has 47 heavy (non-hydrogen) atoms. The fourth-order valence-electron chi connectivity index (χ4n) is 5.09. The quantitative estimate of drug-likeness (QED) is 0.0887. The molecular weight excluding hydrogens is 822 g/mol. The molecule has 0 saturated heterocycles. The number of fused-ring (bicyclic) bond motifs is 2. The molecule has 248 valence electrons. The second-order valence-electron chi connectivity index (χ2n) is 10.8. The Morgan fingerprint density at radius 3 is 1.28 bits per heavy atom. The molecule has 4 heterocycles. The second-order valence-corrected chi connectivity index (χ2v) is 10.8. The molecule has 4 aromatic rings. The van der Waals surface area contributed by atoms with Crippen LogP contribution in [0.1, 0.15) is 11.1 Å². The Balaban J connectivity index is 0.00000250. The van der Waals surface area contributed by atoms with Gasteiger partial charge in [-0.2, -0.15) is 0 Å². The van der Waals surface area contributed by atoms with Crippen molar-refractivity contribution in [3.63, 3.8) is 0 Å². The van der Waals surface area contributed by atoms with E-state index in [4.69, 9.17) is 23.7 Å². The van der Waals surface area contributed by atoms with Gasteiger partial charge >= 0.3 is 0 Å². The Bertz CT molecular complexity index is 1510. The van der Waals surface area contributed by atoms with Gasteiger partial charge in [-0.25, -0.2) is 9.13 Å². The van der Waals surface area contributed by atoms with Gasteiger partial charge in [-0.05, 0) is 35.4 Å². The number of halogens is 2. The number of para-hydroxylation sites is 4. The highest BCUT2D eigenvalue weighted by molar-refractivity contribution is 5.71. The summed E-state index contributed by atoms with van der Waals surface area (Å²) >= 11 is 0. The first-order valence-electron chi connectivity index (χ1n) is 15.3. The summed E-state index contributed by atoms with van der Waals surface area (Å²) in [6.07, 6.45) is 12.3. The van der Waals surface area contributed by atoms with Gasteiger partial charge in [0.1, 0.15) is 13.2 Å². The summed E-state index contributed by atoms with van der Waals surface area (Å²) in [5, 5.41) is 0. The molecule has 2 aliphatic heterocycles. The van der Waals surface area contributed by atoms with Crippen molar-refractivity contribution < 1.29 is 80.8 Å². The van der Waals surface area contributed by atoms with Crippen LogP contribution in [-0.4, -0.2) is 53.7 Å². The molecule has 0 N–H and O–H groups in total. The van der Waals surface area contributed by atoms with Crippen LogP contribution >= 0.6 is 0 Å². The molecule has 9 nitrogen and oxygen atoms in total. The van der Waals surface area contributed by atoms with Crippen LogP contribution in [0.5, 0.6) is 11.5 Å². The van der Waals surface area contributed by atoms with Gasteiger partial charge in [0.2, 0.25) is 11.8 Å². The second kappa shape index (κ2) is 18.3. The van der Waals surface area contributed by atoms with Gasteiger partial charge in [-0.1, -0.05) is 24.3 Å². The van der Waals surface area contributed by atoms with Crippen LogP contribution in [0.3, 0.4) is 0 Å². The van der Waals surface area contributed by atoms with Crippen molar-refractivity contribution in [1.82, 2.24) is 0 Å². The van der Waals surface area contributed by atoms with E-state index in [9.17, 15) is 0 Å². The van der Waals surface area contributed by atoms with E-state index in [1.165, 1.54) is 0 Å². The Hall–Kier alpha value is -3.24. The van der Waals surface area contributed by atoms with Crippen molar-refractivity contribution in [2.24, 2.45) is 0 Å². The molecule has 6 rings (SSSR count). The smallest absolute Gasteiger partial charge is 0.200 e. The Labute approximate surface area is 311 Å². The van der Waals surface area contributed by atoms with E-state index in [2.05, 4.69) is 80.1 Å². The van der Waals surface area contributed by atoms with Crippen LogP contribution < -0.4 is 76.4 Å². The molecule has 11 heteroatoms. The van der Waals surface area contributed by atoms with Crippen LogP contribution in [0.15, 0.2) is 109 Å². The summed E-state index contributed by atoms with van der Waals surface area (Å²) in [6.45, 7) is 5.00. The molecular formula is C36H40I2N4O5. The fourth-order valence-corrected chi connectivity index (χ4v) is 5.09. The molecule has 0 atom stereocenters. The van der Waals surface area contributed by atoms with Crippen LogP contribution in [0.25, 0.3) is 12.2 Å². The van der Waals surface area contributed by atoms with Crippen LogP contribution in [0, 0.1) is 0 Å². The van der Waals surface area contributed by atoms with Crippen molar-refractivity contribution in [2.75, 3.05) is 63.5 Å². The molecule has 0 unspecified atom stereocenters. The monoisotopic (exact) mass is 862 g/mol. The minimum absolute atomic E-state index is 0. The van der Waals surface area contributed by atoms with Crippen molar-refractivity contribution in [2.45, 2.75) is 13.1 Å². The number of pyridine rings is 2. The van der Waals surface area contributed by atoms with Gasteiger partial charge < -0.3 is 81.4 Å². The molecule has 0 spiro atoms. The minimum atomic E-state index is 0. The zero-order chi connectivity index (χ0) is 30.8. The lowest BCUT2D eigenvalue weighted by Crippen LogP contribution is -3.00. The van der Waals surface area contributed by atoms with Gasteiger partial charge in [0.15, 0.2) is 49.4 Å². The van der Waals surface area contributed by atoms with Crippen molar-refractivity contribution in [1.29, 1.82) is 0 Å². The molecule has 0 aliphatic carbocycles. The maximum atomic E-state index is 5.97. The number of anilines is 2. The van der Waals surface area contributed by atoms with Crippen LogP contribution in [0.4, 0.5) is 11.4 Å². The normalized spacial score (nSPS) is 14.7. The van der Waals surface area contributed by atoms with E-state index in [1.54, 1.807) is 0 Å². The molecule has 0 amide bonds. The van der Waals surface area contributed by atoms with Gasteiger partial charge in [0.25, 0.3) is 0 Å². The lowest BCUT2D eigenvalue weighted by molar-refractivity contribution is -0.698. The van der Waals surface area contributed by atoms with Crippen molar-refractivity contribution >= 4 is 23.5 Å². The highest BCUT2D eigenvalue weighted by atomic mass is 127. The van der Waals surface area contributed by atoms with Crippen LogP contribution in [0.2, 0.25) is 0 Å². The van der Waals surface area contributed by atoms with E-state index in [0.29, 0.717) is 39.6 Å². The summed E-state index contributed by atoms with van der Waals surface area (Å²) in [5.41, 5.74) is 4.31. The number of nitrogens with zero attached hydrogens (tertiary/aromatic N) is 4. The Morgan fingerprint density at radius 2 is 0.894 bits per heavy atom. The number of hydrogen-bond donors (Lipinski definition) is 0. The van der Waals surface area contributed by atoms with E-state index in [0.717, 1.165) is 58.9 Å². The summed E-state index contributed by atoms with van der Waals surface area (Å²) in [4.78, 5) is 4.12. The minimum Gasteiger partial charge on any atom is -1.00 e. The average molecular weight is 863 g/mol. The van der Waals surface area contributed by atoms with Gasteiger partial charge in [0.05, 0.1) is 37.8 Å². The van der Waals surface area contributed by atoms with Gasteiger partial charge in [0, 0.05) is 50.5 Å². The third-order valence-electron chi connectivity index (χ3n) is 7.69. The predicted octanol–water partition coefficient (Wildman–Crippen LogP) is -1.33. The van der Waals surface area contributed by atoms with Crippen molar-refractivity contribution in [3.8, 4) is 11.5 Å². The highest BCUT2D eigenvalue weighted by Crippen LogP contribution is 2.38. The summed E-state index contributed by atoms with van der Waals surface area (Å²) in [6, 6.07) is 24.4. The number of aromatic nitrogens is 2. The fraction of sp³-hybridized carbons (Fsp3) is 0.278. The van der Waals surface area contributed by atoms with Gasteiger partial charge in [-0.3, -0.25) is 0 Å². The number of ether oxygens (including phenoxy) is 5. The lowest BCUT2D eigenvalue weighted by Gasteiger charge is -2.10. The SMILES string of the molecule is CN1C(=Cc2cc[n+](CCOCCOCCOCC[n+]3ccc(C=C4Oc5ccccc5N4C)cc3)cc2)Oc2ccccc21.[I-].[I-]. The predicted molar refractivity (Wildman–Crippen MR) is 173 cm³/mol. The third kappa shape index (κ3) is 9.89. The lowest BCUT2D eigenvalue weighted by atomic mass is 10.2. The van der Waals surface area contributed by atoms with Crippen molar-refractivity contribution in [3.05, 3.63) is 120 Å². The Kier molecular flexibility index (Phi) is 14.3. The summed E-state index contributed by atoms with van der Waals surface area (Å²) < 4.78 is 33.3. The molecule has 2 aliphatic rings. The molecule has 0 radical (unpaired) electrons. The standard InChI is InChI=1S/C36H40N4O5.2HI/c1-37-31-7-3-5-9-33(31)44-35(37)27-29-11-15-39(16-12-29)19-21-41-23-25-43-26-24-42-22-20-40-17-13-30(14-18-40)28-36-38(2)32-8-4-6-10-34(32)45-36;;/h3-18,27-28H,19-26H2,1-2H3;2*1H/q+2;;/p-2. The van der Waals surface area contributed by atoms with Gasteiger partial charge in [-0.15, -0.1) is 0 Å². The molecule has 0 saturated carbocycles. The van der Waals surface area contributed by atoms with Crippen LogP contribution in [-0.2, 0) is 27.3 Å². The highest BCUT2D eigenvalue weighted by Gasteiger charge is 2.23. The van der Waals surface area contributed by atoms with E-state index in [1.807, 2.05) is 62.6 Å². The van der Waals surface area contributed by atoms with E-state index < -0.39 is 0 Å². The first-order valence-corrected chi connectivity index (χ1v) is 15.3. The molecule has 0 fully saturated rings. The third-order valence-corrected chi connectivity index (χ3v) is 7.69. The largest absolute Gasteiger partial charge is 1.00 e. The maximum Gasteiger partial charge on any atom is 0.200 e. The number of hydrogen-bond acceptors (Lipinski definition) is 7. The Morgan fingerprint density at radius 1 is 0.532 bits per heavy atom. The van der Waals surface area contributed by atoms with E-state index in [-0.39, 0.29) is 48.0 Å².